The number of hydrogen-bond donors (Lipinski definition) is 0. The second-order valence-electron chi connectivity index (χ2n) is 5.16. The number of carbonyl (C=O) groups is 1. The largest absolute Gasteiger partial charge is 0.489 e. The number of carbonyl (C=O) groups excluding carboxylic acids is 1. The summed E-state index contributed by atoms with van der Waals surface area (Å²) in [6.45, 7) is 5.07. The van der Waals surface area contributed by atoms with Crippen molar-refractivity contribution < 1.29 is 9.53 Å². The third-order valence-electron chi connectivity index (χ3n) is 3.37. The number of benzene rings is 1. The zero-order chi connectivity index (χ0) is 17.7. The van der Waals surface area contributed by atoms with Gasteiger partial charge in [-0.05, 0) is 25.5 Å². The summed E-state index contributed by atoms with van der Waals surface area (Å²) in [5.74, 6) is 1.01. The minimum absolute atomic E-state index is 0.135. The molecule has 1 heterocycles. The van der Waals surface area contributed by atoms with E-state index in [2.05, 4.69) is 4.98 Å². The van der Waals surface area contributed by atoms with Gasteiger partial charge in [0.05, 0.1) is 16.6 Å². The second kappa shape index (κ2) is 8.60. The van der Waals surface area contributed by atoms with Crippen LogP contribution in [0.25, 0.3) is 0 Å². The van der Waals surface area contributed by atoms with Gasteiger partial charge in [-0.3, -0.25) is 4.57 Å². The molecule has 0 aliphatic carbocycles. The molecule has 130 valence electrons. The Balaban J connectivity index is 2.02. The molecule has 0 spiro atoms. The van der Waals surface area contributed by atoms with Crippen molar-refractivity contribution >= 4 is 40.8 Å². The summed E-state index contributed by atoms with van der Waals surface area (Å²) in [4.78, 5) is 18.3. The van der Waals surface area contributed by atoms with Crippen molar-refractivity contribution in [1.82, 2.24) is 14.5 Å². The average molecular weight is 391 g/mol. The van der Waals surface area contributed by atoms with Gasteiger partial charge in [-0.25, -0.2) is 9.78 Å². The fourth-order valence-electron chi connectivity index (χ4n) is 2.23. The number of rotatable bonds is 6. The van der Waals surface area contributed by atoms with Crippen LogP contribution in [0.5, 0.6) is 5.75 Å². The molecule has 0 radical (unpaired) electrons. The summed E-state index contributed by atoms with van der Waals surface area (Å²) in [6.07, 6.45) is 4.08. The first-order chi connectivity index (χ1) is 11.4. The van der Waals surface area contributed by atoms with E-state index in [-0.39, 0.29) is 12.6 Å². The molecule has 0 bridgehead atoms. The lowest BCUT2D eigenvalue weighted by atomic mass is 10.3. The van der Waals surface area contributed by atoms with Crippen molar-refractivity contribution in [3.8, 4) is 5.75 Å². The quantitative estimate of drug-likeness (QED) is 0.704. The summed E-state index contributed by atoms with van der Waals surface area (Å²) in [6, 6.07) is 2.99. The standard InChI is InChI=1S/C16H18Cl3N3O2/c1-3-5-21(16(23)22-6-4-20-11(22)2)7-8-24-15-13(18)9-12(17)10-14(15)19/h4,6,9-10H,3,5,7-8H2,1-2H3. The van der Waals surface area contributed by atoms with Gasteiger partial charge in [0, 0.05) is 24.0 Å². The van der Waals surface area contributed by atoms with Crippen molar-refractivity contribution in [1.29, 1.82) is 0 Å². The molecule has 0 aliphatic heterocycles. The highest BCUT2D eigenvalue weighted by atomic mass is 35.5. The molecule has 0 saturated carbocycles. The molecule has 1 aromatic carbocycles. The van der Waals surface area contributed by atoms with Crippen LogP contribution in [0.2, 0.25) is 15.1 Å². The van der Waals surface area contributed by atoms with Crippen LogP contribution < -0.4 is 4.74 Å². The van der Waals surface area contributed by atoms with E-state index in [1.165, 1.54) is 4.57 Å². The van der Waals surface area contributed by atoms with Gasteiger partial charge >= 0.3 is 6.03 Å². The minimum Gasteiger partial charge on any atom is -0.489 e. The second-order valence-corrected chi connectivity index (χ2v) is 6.41. The van der Waals surface area contributed by atoms with E-state index in [0.29, 0.717) is 39.7 Å². The fourth-order valence-corrected chi connectivity index (χ4v) is 3.16. The molecule has 0 N–H and O–H groups in total. The van der Waals surface area contributed by atoms with Crippen LogP contribution in [0, 0.1) is 6.92 Å². The lowest BCUT2D eigenvalue weighted by Gasteiger charge is -2.23. The SMILES string of the molecule is CCCN(CCOc1c(Cl)cc(Cl)cc1Cl)C(=O)n1ccnc1C. The van der Waals surface area contributed by atoms with Gasteiger partial charge in [-0.2, -0.15) is 0 Å². The van der Waals surface area contributed by atoms with Crippen molar-refractivity contribution in [3.63, 3.8) is 0 Å². The zero-order valence-corrected chi connectivity index (χ0v) is 15.7. The number of imidazole rings is 1. The van der Waals surface area contributed by atoms with Crippen molar-refractivity contribution in [2.45, 2.75) is 20.3 Å². The molecular formula is C16H18Cl3N3O2. The Kier molecular flexibility index (Phi) is 6.78. The Bertz CT molecular complexity index is 695. The summed E-state index contributed by atoms with van der Waals surface area (Å²) >= 11 is 18.1. The van der Waals surface area contributed by atoms with Crippen LogP contribution in [0.3, 0.4) is 0 Å². The fraction of sp³-hybridized carbons (Fsp3) is 0.375. The molecular weight excluding hydrogens is 373 g/mol. The van der Waals surface area contributed by atoms with E-state index >= 15 is 0 Å². The van der Waals surface area contributed by atoms with E-state index in [0.717, 1.165) is 6.42 Å². The van der Waals surface area contributed by atoms with Crippen molar-refractivity contribution in [3.05, 3.63) is 45.4 Å². The molecule has 5 nitrogen and oxygen atoms in total. The topological polar surface area (TPSA) is 47.4 Å². The Hall–Kier alpha value is -1.43. The van der Waals surface area contributed by atoms with Gasteiger partial charge < -0.3 is 9.64 Å². The predicted octanol–water partition coefficient (Wildman–Crippen LogP) is 4.91. The van der Waals surface area contributed by atoms with E-state index in [4.69, 9.17) is 39.5 Å². The molecule has 0 aliphatic rings. The number of halogens is 3. The van der Waals surface area contributed by atoms with Crippen LogP contribution in [-0.2, 0) is 0 Å². The number of ether oxygens (including phenoxy) is 1. The maximum atomic E-state index is 12.6. The average Bonchev–Trinajstić information content (AvgIpc) is 2.94. The molecule has 0 fully saturated rings. The maximum Gasteiger partial charge on any atom is 0.329 e. The first-order valence-corrected chi connectivity index (χ1v) is 8.64. The molecule has 1 amide bonds. The number of aromatic nitrogens is 2. The van der Waals surface area contributed by atoms with Gasteiger partial charge in [0.2, 0.25) is 0 Å². The monoisotopic (exact) mass is 389 g/mol. The van der Waals surface area contributed by atoms with Crippen molar-refractivity contribution in [2.75, 3.05) is 19.7 Å². The first-order valence-electron chi connectivity index (χ1n) is 7.50. The van der Waals surface area contributed by atoms with Gasteiger partial charge in [-0.1, -0.05) is 41.7 Å². The third-order valence-corrected chi connectivity index (χ3v) is 4.15. The highest BCUT2D eigenvalue weighted by molar-refractivity contribution is 6.40. The molecule has 0 atom stereocenters. The van der Waals surface area contributed by atoms with E-state index in [1.807, 2.05) is 6.92 Å². The number of hydrogen-bond acceptors (Lipinski definition) is 3. The van der Waals surface area contributed by atoms with E-state index < -0.39 is 0 Å². The minimum atomic E-state index is -0.135. The van der Waals surface area contributed by atoms with Crippen molar-refractivity contribution in [2.24, 2.45) is 0 Å². The Morgan fingerprint density at radius 1 is 1.25 bits per heavy atom. The van der Waals surface area contributed by atoms with Crippen LogP contribution in [0.4, 0.5) is 4.79 Å². The number of amides is 1. The zero-order valence-electron chi connectivity index (χ0n) is 13.4. The summed E-state index contributed by atoms with van der Waals surface area (Å²) < 4.78 is 7.17. The molecule has 0 unspecified atom stereocenters. The lowest BCUT2D eigenvalue weighted by Crippen LogP contribution is -2.38. The molecule has 8 heteroatoms. The molecule has 2 rings (SSSR count). The number of aryl methyl sites for hydroxylation is 1. The maximum absolute atomic E-state index is 12.6. The van der Waals surface area contributed by atoms with Gasteiger partial charge in [0.25, 0.3) is 0 Å². The van der Waals surface area contributed by atoms with Crippen LogP contribution in [0.1, 0.15) is 19.2 Å². The lowest BCUT2D eigenvalue weighted by molar-refractivity contribution is 0.183. The summed E-state index contributed by atoms with van der Waals surface area (Å²) in [5.41, 5.74) is 0. The first kappa shape index (κ1) is 18.9. The Labute approximate surface area is 156 Å². The third kappa shape index (κ3) is 4.56. The smallest absolute Gasteiger partial charge is 0.329 e. The number of nitrogens with zero attached hydrogens (tertiary/aromatic N) is 3. The van der Waals surface area contributed by atoms with Crippen LogP contribution in [-0.4, -0.2) is 40.2 Å². The normalized spacial score (nSPS) is 10.7. The summed E-state index contributed by atoms with van der Waals surface area (Å²) in [5, 5.41) is 1.12. The predicted molar refractivity (Wildman–Crippen MR) is 96.6 cm³/mol. The van der Waals surface area contributed by atoms with E-state index in [1.54, 1.807) is 36.4 Å². The van der Waals surface area contributed by atoms with E-state index in [9.17, 15) is 4.79 Å². The van der Waals surface area contributed by atoms with Crippen LogP contribution >= 0.6 is 34.8 Å². The van der Waals surface area contributed by atoms with Gasteiger partial charge in [0.15, 0.2) is 5.75 Å². The molecule has 1 aromatic heterocycles. The molecule has 24 heavy (non-hydrogen) atoms. The van der Waals surface area contributed by atoms with Crippen LogP contribution in [0.15, 0.2) is 24.5 Å². The Morgan fingerprint density at radius 2 is 1.92 bits per heavy atom. The highest BCUT2D eigenvalue weighted by Crippen LogP contribution is 2.35. The highest BCUT2D eigenvalue weighted by Gasteiger charge is 2.17. The molecule has 2 aromatic rings. The molecule has 0 saturated heterocycles. The van der Waals surface area contributed by atoms with Gasteiger partial charge in [0.1, 0.15) is 12.4 Å². The Morgan fingerprint density at radius 3 is 2.46 bits per heavy atom. The van der Waals surface area contributed by atoms with Gasteiger partial charge in [-0.15, -0.1) is 0 Å². The summed E-state index contributed by atoms with van der Waals surface area (Å²) in [7, 11) is 0.